The van der Waals surface area contributed by atoms with Crippen LogP contribution in [0.15, 0.2) is 24.3 Å². The third-order valence-corrected chi connectivity index (χ3v) is 3.61. The summed E-state index contributed by atoms with van der Waals surface area (Å²) in [6, 6.07) is 8.15. The summed E-state index contributed by atoms with van der Waals surface area (Å²) in [7, 11) is 1.67. The minimum absolute atomic E-state index is 0.254. The van der Waals surface area contributed by atoms with Crippen LogP contribution in [0.3, 0.4) is 0 Å². The van der Waals surface area contributed by atoms with E-state index in [2.05, 4.69) is 36.4 Å². The Morgan fingerprint density at radius 3 is 2.71 bits per heavy atom. The number of nitrogens with zero attached hydrogens (tertiary/aromatic N) is 3. The van der Waals surface area contributed by atoms with Crippen molar-refractivity contribution in [3.05, 3.63) is 35.7 Å². The molecular weight excluding hydrogens is 264 g/mol. The van der Waals surface area contributed by atoms with Crippen molar-refractivity contribution in [2.45, 2.75) is 39.7 Å². The van der Waals surface area contributed by atoms with Gasteiger partial charge < -0.3 is 10.1 Å². The van der Waals surface area contributed by atoms with Gasteiger partial charge in [0.05, 0.1) is 24.5 Å². The second-order valence-electron chi connectivity index (χ2n) is 4.91. The average Bonchev–Trinajstić information content (AvgIpc) is 2.96. The van der Waals surface area contributed by atoms with Crippen molar-refractivity contribution >= 4 is 0 Å². The molecule has 1 unspecified atom stereocenters. The van der Waals surface area contributed by atoms with E-state index in [1.807, 2.05) is 28.9 Å². The quantitative estimate of drug-likeness (QED) is 0.851. The molecule has 0 radical (unpaired) electrons. The van der Waals surface area contributed by atoms with Gasteiger partial charge in [0.15, 0.2) is 0 Å². The highest BCUT2D eigenvalue weighted by Gasteiger charge is 2.19. The molecule has 0 amide bonds. The smallest absolute Gasteiger partial charge is 0.121 e. The zero-order valence-electron chi connectivity index (χ0n) is 13.3. The van der Waals surface area contributed by atoms with Gasteiger partial charge in [-0.3, -0.25) is 0 Å². The van der Waals surface area contributed by atoms with Crippen LogP contribution in [0.2, 0.25) is 0 Å². The molecule has 0 saturated heterocycles. The Hall–Kier alpha value is -1.88. The minimum atomic E-state index is 0.254. The van der Waals surface area contributed by atoms with Gasteiger partial charge in [0, 0.05) is 6.07 Å². The first-order chi connectivity index (χ1) is 10.2. The van der Waals surface area contributed by atoms with E-state index in [-0.39, 0.29) is 6.04 Å². The van der Waals surface area contributed by atoms with Crippen molar-refractivity contribution in [3.63, 3.8) is 0 Å². The first-order valence-corrected chi connectivity index (χ1v) is 7.57. The molecule has 0 bridgehead atoms. The van der Waals surface area contributed by atoms with Gasteiger partial charge in [0.25, 0.3) is 0 Å². The van der Waals surface area contributed by atoms with Gasteiger partial charge in [-0.15, -0.1) is 5.10 Å². The van der Waals surface area contributed by atoms with Crippen LogP contribution in [0.25, 0.3) is 5.69 Å². The standard InChI is InChI=1S/C16H24N4O/c1-5-14(17-7-3)16-15(6-2)20(19-18-16)12-9-8-10-13(11-12)21-4/h8-11,14,17H,5-7H2,1-4H3. The third-order valence-electron chi connectivity index (χ3n) is 3.61. The maximum absolute atomic E-state index is 5.29. The lowest BCUT2D eigenvalue weighted by Crippen LogP contribution is -2.21. The number of methoxy groups -OCH3 is 1. The van der Waals surface area contributed by atoms with Gasteiger partial charge in [-0.2, -0.15) is 0 Å². The van der Waals surface area contributed by atoms with Gasteiger partial charge in [-0.25, -0.2) is 4.68 Å². The Morgan fingerprint density at radius 2 is 2.10 bits per heavy atom. The van der Waals surface area contributed by atoms with Gasteiger partial charge in [-0.05, 0) is 31.5 Å². The minimum Gasteiger partial charge on any atom is -0.497 e. The van der Waals surface area contributed by atoms with Crippen molar-refractivity contribution in [1.82, 2.24) is 20.3 Å². The molecule has 0 saturated carbocycles. The summed E-state index contributed by atoms with van der Waals surface area (Å²) in [5.41, 5.74) is 3.18. The third kappa shape index (κ3) is 3.24. The highest BCUT2D eigenvalue weighted by Crippen LogP contribution is 2.23. The zero-order valence-corrected chi connectivity index (χ0v) is 13.3. The maximum atomic E-state index is 5.29. The number of benzene rings is 1. The largest absolute Gasteiger partial charge is 0.497 e. The zero-order chi connectivity index (χ0) is 15.2. The monoisotopic (exact) mass is 288 g/mol. The summed E-state index contributed by atoms with van der Waals surface area (Å²) < 4.78 is 7.20. The van der Waals surface area contributed by atoms with E-state index in [9.17, 15) is 0 Å². The van der Waals surface area contributed by atoms with E-state index in [1.54, 1.807) is 7.11 Å². The van der Waals surface area contributed by atoms with E-state index in [0.717, 1.165) is 42.2 Å². The van der Waals surface area contributed by atoms with Gasteiger partial charge >= 0.3 is 0 Å². The number of rotatable bonds is 7. The Bertz CT molecular complexity index is 579. The van der Waals surface area contributed by atoms with Crippen molar-refractivity contribution in [2.75, 3.05) is 13.7 Å². The second-order valence-corrected chi connectivity index (χ2v) is 4.91. The summed E-state index contributed by atoms with van der Waals surface area (Å²) in [4.78, 5) is 0. The van der Waals surface area contributed by atoms with Gasteiger partial charge in [0.2, 0.25) is 0 Å². The molecule has 0 aliphatic carbocycles. The summed E-state index contributed by atoms with van der Waals surface area (Å²) in [5, 5.41) is 12.2. The Kier molecular flexibility index (Phi) is 5.33. The molecule has 1 aromatic carbocycles. The van der Waals surface area contributed by atoms with Crippen LogP contribution in [0.5, 0.6) is 5.75 Å². The van der Waals surface area contributed by atoms with Gasteiger partial charge in [-0.1, -0.05) is 32.1 Å². The lowest BCUT2D eigenvalue weighted by atomic mass is 10.1. The number of ether oxygens (including phenoxy) is 1. The molecule has 0 aliphatic heterocycles. The summed E-state index contributed by atoms with van der Waals surface area (Å²) in [6.07, 6.45) is 1.89. The molecule has 5 nitrogen and oxygen atoms in total. The van der Waals surface area contributed by atoms with E-state index >= 15 is 0 Å². The number of hydrogen-bond acceptors (Lipinski definition) is 4. The lowest BCUT2D eigenvalue weighted by molar-refractivity contribution is 0.414. The van der Waals surface area contributed by atoms with Crippen LogP contribution in [0, 0.1) is 0 Å². The Labute approximate surface area is 126 Å². The number of hydrogen-bond donors (Lipinski definition) is 1. The van der Waals surface area contributed by atoms with Crippen molar-refractivity contribution in [2.24, 2.45) is 0 Å². The number of aromatic nitrogens is 3. The molecule has 1 aromatic heterocycles. The molecule has 114 valence electrons. The maximum Gasteiger partial charge on any atom is 0.121 e. The van der Waals surface area contributed by atoms with E-state index in [1.165, 1.54) is 0 Å². The van der Waals surface area contributed by atoms with Crippen LogP contribution in [-0.4, -0.2) is 28.6 Å². The normalized spacial score (nSPS) is 12.4. The van der Waals surface area contributed by atoms with Crippen LogP contribution in [0.1, 0.15) is 44.6 Å². The van der Waals surface area contributed by atoms with Crippen LogP contribution in [-0.2, 0) is 6.42 Å². The van der Waals surface area contributed by atoms with Crippen LogP contribution in [0.4, 0.5) is 0 Å². The summed E-state index contributed by atoms with van der Waals surface area (Å²) in [6.45, 7) is 7.34. The predicted octanol–water partition coefficient (Wildman–Crippen LogP) is 2.90. The summed E-state index contributed by atoms with van der Waals surface area (Å²) >= 11 is 0. The van der Waals surface area contributed by atoms with Crippen LogP contribution >= 0.6 is 0 Å². The van der Waals surface area contributed by atoms with E-state index < -0.39 is 0 Å². The molecule has 5 heteroatoms. The topological polar surface area (TPSA) is 52.0 Å². The van der Waals surface area contributed by atoms with E-state index in [4.69, 9.17) is 4.74 Å². The SMILES string of the molecule is CCNC(CC)c1nnn(-c2cccc(OC)c2)c1CC. The molecule has 0 aliphatic rings. The predicted molar refractivity (Wildman–Crippen MR) is 84.0 cm³/mol. The fraction of sp³-hybridized carbons (Fsp3) is 0.500. The molecule has 0 spiro atoms. The highest BCUT2D eigenvalue weighted by molar-refractivity contribution is 5.40. The second kappa shape index (κ2) is 7.22. The van der Waals surface area contributed by atoms with Crippen molar-refractivity contribution in [3.8, 4) is 11.4 Å². The fourth-order valence-electron chi connectivity index (χ4n) is 2.55. The summed E-state index contributed by atoms with van der Waals surface area (Å²) in [5.74, 6) is 0.824. The Balaban J connectivity index is 2.43. The first kappa shape index (κ1) is 15.5. The molecular formula is C16H24N4O. The molecule has 2 rings (SSSR count). The molecule has 1 heterocycles. The Morgan fingerprint density at radius 1 is 1.29 bits per heavy atom. The fourth-order valence-corrected chi connectivity index (χ4v) is 2.55. The average molecular weight is 288 g/mol. The van der Waals surface area contributed by atoms with Crippen LogP contribution < -0.4 is 10.1 Å². The first-order valence-electron chi connectivity index (χ1n) is 7.57. The van der Waals surface area contributed by atoms with E-state index in [0.29, 0.717) is 0 Å². The molecule has 21 heavy (non-hydrogen) atoms. The highest BCUT2D eigenvalue weighted by atomic mass is 16.5. The molecule has 2 aromatic rings. The lowest BCUT2D eigenvalue weighted by Gasteiger charge is -2.15. The van der Waals surface area contributed by atoms with Crippen molar-refractivity contribution < 1.29 is 4.74 Å². The molecule has 0 fully saturated rings. The molecule has 1 N–H and O–H groups in total. The van der Waals surface area contributed by atoms with Gasteiger partial charge in [0.1, 0.15) is 11.4 Å². The molecule has 1 atom stereocenters. The number of nitrogens with one attached hydrogen (secondary N) is 1. The van der Waals surface area contributed by atoms with Crippen molar-refractivity contribution in [1.29, 1.82) is 0 Å².